The van der Waals surface area contributed by atoms with E-state index in [1.807, 2.05) is 6.07 Å². The number of rotatable bonds is 2. The first-order valence-corrected chi connectivity index (χ1v) is 5.84. The summed E-state index contributed by atoms with van der Waals surface area (Å²) in [6.07, 6.45) is 0. The maximum absolute atomic E-state index is 13.7. The Labute approximate surface area is 106 Å². The average Bonchev–Trinajstić information content (AvgIpc) is 2.28. The third-order valence-electron chi connectivity index (χ3n) is 2.51. The highest BCUT2D eigenvalue weighted by Crippen LogP contribution is 2.27. The van der Waals surface area contributed by atoms with E-state index in [-0.39, 0.29) is 5.56 Å². The fourth-order valence-corrected chi connectivity index (χ4v) is 2.08. The lowest BCUT2D eigenvalue weighted by Crippen LogP contribution is -2.15. The summed E-state index contributed by atoms with van der Waals surface area (Å²) in [7, 11) is 0. The molecule has 0 aliphatic carbocycles. The number of hydrogen-bond acceptors (Lipinski definition) is 1. The first-order chi connectivity index (χ1) is 8.09. The van der Waals surface area contributed by atoms with Crippen LogP contribution in [0.2, 0.25) is 0 Å². The van der Waals surface area contributed by atoms with Crippen LogP contribution in [0.5, 0.6) is 0 Å². The minimum atomic E-state index is -0.802. The first-order valence-electron chi connectivity index (χ1n) is 5.04. The van der Waals surface area contributed by atoms with Crippen molar-refractivity contribution >= 4 is 15.9 Å². The monoisotopic (exact) mass is 297 g/mol. The Hall–Kier alpha value is -1.26. The zero-order chi connectivity index (χ0) is 12.4. The molecule has 0 heterocycles. The van der Waals surface area contributed by atoms with Crippen molar-refractivity contribution < 1.29 is 8.78 Å². The van der Waals surface area contributed by atoms with E-state index in [1.165, 1.54) is 12.1 Å². The standard InChI is InChI=1S/C13H10BrF2N/c14-9-6-10(15)12(11(16)7-9)13(17)8-4-2-1-3-5-8/h1-7,13H,17H2. The molecule has 0 fully saturated rings. The summed E-state index contributed by atoms with van der Waals surface area (Å²) in [6, 6.07) is 10.5. The predicted molar refractivity (Wildman–Crippen MR) is 66.5 cm³/mol. The topological polar surface area (TPSA) is 26.0 Å². The summed E-state index contributed by atoms with van der Waals surface area (Å²) in [6.45, 7) is 0. The molecule has 1 nitrogen and oxygen atoms in total. The number of benzene rings is 2. The second-order valence-corrected chi connectivity index (χ2v) is 4.59. The number of nitrogens with two attached hydrogens (primary N) is 1. The molecular weight excluding hydrogens is 288 g/mol. The molecule has 0 aliphatic rings. The maximum atomic E-state index is 13.7. The van der Waals surface area contributed by atoms with Crippen molar-refractivity contribution in [3.05, 3.63) is 69.7 Å². The zero-order valence-electron chi connectivity index (χ0n) is 8.83. The molecule has 17 heavy (non-hydrogen) atoms. The molecule has 1 unspecified atom stereocenters. The van der Waals surface area contributed by atoms with E-state index >= 15 is 0 Å². The Morgan fingerprint density at radius 3 is 2.06 bits per heavy atom. The SMILES string of the molecule is NC(c1ccccc1)c1c(F)cc(Br)cc1F. The van der Waals surface area contributed by atoms with Crippen molar-refractivity contribution in [1.29, 1.82) is 0 Å². The van der Waals surface area contributed by atoms with E-state index in [2.05, 4.69) is 15.9 Å². The average molecular weight is 298 g/mol. The van der Waals surface area contributed by atoms with Gasteiger partial charge in [-0.3, -0.25) is 0 Å². The molecule has 2 aromatic carbocycles. The van der Waals surface area contributed by atoms with Gasteiger partial charge in [-0.1, -0.05) is 46.3 Å². The van der Waals surface area contributed by atoms with E-state index in [0.29, 0.717) is 10.0 Å². The van der Waals surface area contributed by atoms with Crippen LogP contribution in [0.15, 0.2) is 46.9 Å². The summed E-state index contributed by atoms with van der Waals surface area (Å²) >= 11 is 3.03. The zero-order valence-corrected chi connectivity index (χ0v) is 10.4. The van der Waals surface area contributed by atoms with Crippen molar-refractivity contribution in [2.75, 3.05) is 0 Å². The Kier molecular flexibility index (Phi) is 3.54. The Bertz CT molecular complexity index is 505. The van der Waals surface area contributed by atoms with Crippen LogP contribution in [0, 0.1) is 11.6 Å². The van der Waals surface area contributed by atoms with Gasteiger partial charge in [0.25, 0.3) is 0 Å². The van der Waals surface area contributed by atoms with Gasteiger partial charge in [-0.2, -0.15) is 0 Å². The van der Waals surface area contributed by atoms with Crippen molar-refractivity contribution in [2.24, 2.45) is 5.73 Å². The summed E-state index contributed by atoms with van der Waals surface area (Å²) in [4.78, 5) is 0. The van der Waals surface area contributed by atoms with Crippen LogP contribution in [-0.2, 0) is 0 Å². The summed E-state index contributed by atoms with van der Waals surface area (Å²) in [5.41, 5.74) is 6.43. The summed E-state index contributed by atoms with van der Waals surface area (Å²) in [5.74, 6) is -1.29. The van der Waals surface area contributed by atoms with Gasteiger partial charge in [0.2, 0.25) is 0 Å². The van der Waals surface area contributed by atoms with Gasteiger partial charge in [-0.05, 0) is 17.7 Å². The molecule has 2 N–H and O–H groups in total. The fourth-order valence-electron chi connectivity index (χ4n) is 1.68. The largest absolute Gasteiger partial charge is 0.320 e. The third-order valence-corrected chi connectivity index (χ3v) is 2.97. The summed E-state index contributed by atoms with van der Waals surface area (Å²) in [5, 5.41) is 0. The quantitative estimate of drug-likeness (QED) is 0.897. The molecule has 4 heteroatoms. The molecule has 0 aliphatic heterocycles. The molecule has 0 bridgehead atoms. The highest BCUT2D eigenvalue weighted by molar-refractivity contribution is 9.10. The van der Waals surface area contributed by atoms with Gasteiger partial charge in [-0.25, -0.2) is 8.78 Å². The molecule has 2 rings (SSSR count). The molecule has 0 spiro atoms. The van der Waals surface area contributed by atoms with Crippen LogP contribution in [0.4, 0.5) is 8.78 Å². The van der Waals surface area contributed by atoms with E-state index in [9.17, 15) is 8.78 Å². The van der Waals surface area contributed by atoms with Gasteiger partial charge in [0.1, 0.15) is 11.6 Å². The van der Waals surface area contributed by atoms with E-state index < -0.39 is 17.7 Å². The fraction of sp³-hybridized carbons (Fsp3) is 0.0769. The van der Waals surface area contributed by atoms with Crippen molar-refractivity contribution in [1.82, 2.24) is 0 Å². The lowest BCUT2D eigenvalue weighted by Gasteiger charge is -2.14. The lowest BCUT2D eigenvalue weighted by atomic mass is 9.99. The van der Waals surface area contributed by atoms with Gasteiger partial charge < -0.3 is 5.73 Å². The van der Waals surface area contributed by atoms with Crippen molar-refractivity contribution in [3.8, 4) is 0 Å². The third kappa shape index (κ3) is 2.53. The van der Waals surface area contributed by atoms with Crippen LogP contribution in [0.1, 0.15) is 17.2 Å². The van der Waals surface area contributed by atoms with Crippen LogP contribution < -0.4 is 5.73 Å². The Balaban J connectivity index is 2.48. The van der Waals surface area contributed by atoms with Gasteiger partial charge in [0.15, 0.2) is 0 Å². The smallest absolute Gasteiger partial charge is 0.132 e. The molecule has 2 aromatic rings. The van der Waals surface area contributed by atoms with Gasteiger partial charge in [0.05, 0.1) is 6.04 Å². The van der Waals surface area contributed by atoms with Crippen molar-refractivity contribution in [2.45, 2.75) is 6.04 Å². The molecule has 88 valence electrons. The second-order valence-electron chi connectivity index (χ2n) is 3.67. The molecule has 0 amide bonds. The molecule has 1 atom stereocenters. The van der Waals surface area contributed by atoms with E-state index in [0.717, 1.165) is 0 Å². The Morgan fingerprint density at radius 1 is 1.00 bits per heavy atom. The second kappa shape index (κ2) is 4.94. The Morgan fingerprint density at radius 2 is 1.53 bits per heavy atom. The number of hydrogen-bond donors (Lipinski definition) is 1. The molecule has 0 saturated heterocycles. The van der Waals surface area contributed by atoms with Crippen molar-refractivity contribution in [3.63, 3.8) is 0 Å². The molecule has 0 radical (unpaired) electrons. The maximum Gasteiger partial charge on any atom is 0.132 e. The lowest BCUT2D eigenvalue weighted by molar-refractivity contribution is 0.542. The summed E-state index contributed by atoms with van der Waals surface area (Å²) < 4.78 is 27.8. The normalized spacial score (nSPS) is 12.5. The number of halogens is 3. The van der Waals surface area contributed by atoms with Gasteiger partial charge >= 0.3 is 0 Å². The minimum Gasteiger partial charge on any atom is -0.320 e. The first kappa shape index (κ1) is 12.2. The van der Waals surface area contributed by atoms with Crippen LogP contribution >= 0.6 is 15.9 Å². The highest BCUT2D eigenvalue weighted by Gasteiger charge is 2.18. The van der Waals surface area contributed by atoms with E-state index in [1.54, 1.807) is 24.3 Å². The van der Waals surface area contributed by atoms with E-state index in [4.69, 9.17) is 5.73 Å². The molecule has 0 saturated carbocycles. The molecular formula is C13H10BrF2N. The minimum absolute atomic E-state index is 0.112. The molecule has 0 aromatic heterocycles. The van der Waals surface area contributed by atoms with Crippen LogP contribution in [-0.4, -0.2) is 0 Å². The van der Waals surface area contributed by atoms with Crippen LogP contribution in [0.3, 0.4) is 0 Å². The van der Waals surface area contributed by atoms with Gasteiger partial charge in [0, 0.05) is 10.0 Å². The van der Waals surface area contributed by atoms with Crippen LogP contribution in [0.25, 0.3) is 0 Å². The predicted octanol–water partition coefficient (Wildman–Crippen LogP) is 3.78. The van der Waals surface area contributed by atoms with Gasteiger partial charge in [-0.15, -0.1) is 0 Å². The highest BCUT2D eigenvalue weighted by atomic mass is 79.9.